The molecule has 2 fully saturated rings. The van der Waals surface area contributed by atoms with Crippen LogP contribution in [-0.4, -0.2) is 132 Å². The standard InChI is InChI=1S/C13H20FN3O2.C12H16FN3O2.3CHF3O3S.La/c1-9(18)12(14)17-11(7-15-2)8-16-13(17)10-3-5-19-6-4-10;1-15-7-9-6-14-11(8-2-4-18-5-3-8)16(9)10(13)12(15)17;3*2-1(3,4)8(5,6)7;/h8,10,12,15H,3-7H2,1-2H3;6,8,10H,2-5,7H2,1H3;3*(H,5,6,7);. The molecule has 0 aliphatic carbocycles. The third-order valence-electron chi connectivity index (χ3n) is 7.98. The van der Waals surface area contributed by atoms with Gasteiger partial charge in [0, 0.05) is 93.7 Å². The van der Waals surface area contributed by atoms with Crippen LogP contribution in [0.2, 0.25) is 0 Å². The fraction of sp³-hybridized carbons (Fsp3) is 0.714. The number of alkyl halides is 11. The van der Waals surface area contributed by atoms with Gasteiger partial charge >= 0.3 is 46.9 Å². The molecule has 19 nitrogen and oxygen atoms in total. The smallest absolute Gasteiger partial charge is 0.381 e. The van der Waals surface area contributed by atoms with E-state index in [1.54, 1.807) is 26.5 Å². The number of carbonyl (C=O) groups is 2. The van der Waals surface area contributed by atoms with Crippen molar-refractivity contribution in [3.63, 3.8) is 0 Å². The van der Waals surface area contributed by atoms with Gasteiger partial charge in [-0.25, -0.2) is 18.7 Å². The zero-order valence-corrected chi connectivity index (χ0v) is 38.2. The number of hydrogen-bond donors (Lipinski definition) is 4. The summed E-state index contributed by atoms with van der Waals surface area (Å²) in [6.45, 7) is 4.86. The second-order valence-corrected chi connectivity index (χ2v) is 16.7. The number of likely N-dealkylation sites (N-methyl/N-ethyl adjacent to an activating group) is 1. The number of nitrogens with one attached hydrogen (secondary N) is 1. The normalized spacial score (nSPS) is 18.4. The number of fused-ring (bicyclic) bond motifs is 1. The van der Waals surface area contributed by atoms with Crippen molar-refractivity contribution < 1.29 is 142 Å². The maximum atomic E-state index is 14.2. The minimum Gasteiger partial charge on any atom is -0.381 e. The van der Waals surface area contributed by atoms with E-state index < -0.39 is 71.2 Å². The van der Waals surface area contributed by atoms with Crippen molar-refractivity contribution in [2.45, 2.75) is 86.6 Å². The fourth-order valence-electron chi connectivity index (χ4n) is 5.09. The van der Waals surface area contributed by atoms with E-state index in [-0.39, 0.29) is 47.4 Å². The number of imidazole rings is 2. The Morgan fingerprint density at radius 2 is 1.15 bits per heavy atom. The molecule has 2 atom stereocenters. The molecule has 2 unspecified atom stereocenters. The van der Waals surface area contributed by atoms with Crippen LogP contribution in [0, 0.1) is 35.6 Å². The number of ether oxygens (including phenoxy) is 2. The fourth-order valence-corrected chi connectivity index (χ4v) is 5.09. The summed E-state index contributed by atoms with van der Waals surface area (Å²) in [5.41, 5.74) is -15.1. The van der Waals surface area contributed by atoms with Crippen molar-refractivity contribution >= 4 is 42.0 Å². The van der Waals surface area contributed by atoms with Gasteiger partial charge in [0.1, 0.15) is 11.6 Å². The third-order valence-corrected chi connectivity index (χ3v) is 9.74. The number of nitrogens with zero attached hydrogens (tertiary/aromatic N) is 5. The van der Waals surface area contributed by atoms with Gasteiger partial charge in [0.15, 0.2) is 5.78 Å². The van der Waals surface area contributed by atoms with E-state index in [1.807, 2.05) is 0 Å². The molecule has 3 aliphatic rings. The molecule has 0 aromatic carbocycles. The first-order valence-electron chi connectivity index (χ1n) is 16.6. The van der Waals surface area contributed by atoms with Gasteiger partial charge in [-0.05, 0) is 39.7 Å². The Morgan fingerprint density at radius 3 is 1.48 bits per heavy atom. The van der Waals surface area contributed by atoms with Crippen LogP contribution in [0.3, 0.4) is 0 Å². The Kier molecular flexibility index (Phi) is 23.3. The molecule has 1 amide bonds. The van der Waals surface area contributed by atoms with Crippen molar-refractivity contribution in [2.24, 2.45) is 0 Å². The predicted molar refractivity (Wildman–Crippen MR) is 183 cm³/mol. The Hall–Kier alpha value is -2.41. The Morgan fingerprint density at radius 1 is 0.790 bits per heavy atom. The molecule has 2 aromatic heterocycles. The van der Waals surface area contributed by atoms with E-state index in [2.05, 4.69) is 15.3 Å². The summed E-state index contributed by atoms with van der Waals surface area (Å²) in [7, 11) is -14.1. The van der Waals surface area contributed by atoms with Crippen LogP contribution < -0.4 is 5.32 Å². The maximum absolute atomic E-state index is 14.2. The van der Waals surface area contributed by atoms with Crippen molar-refractivity contribution in [1.29, 1.82) is 0 Å². The molecule has 1 radical (unpaired) electrons. The van der Waals surface area contributed by atoms with E-state index in [0.717, 1.165) is 31.4 Å². The molecule has 2 aromatic rings. The minimum absolute atomic E-state index is 0. The number of Topliss-reactive ketones (excluding diaryl/α,β-unsaturated/α-hetero) is 1. The molecule has 5 heterocycles. The number of ketones is 1. The zero-order chi connectivity index (χ0) is 47.5. The van der Waals surface area contributed by atoms with E-state index in [9.17, 15) is 57.9 Å². The summed E-state index contributed by atoms with van der Waals surface area (Å²) in [6, 6.07) is 0. The minimum atomic E-state index is -5.84. The first-order valence-corrected chi connectivity index (χ1v) is 21.0. The monoisotopic (exact) mass is 1110 g/mol. The average Bonchev–Trinajstić information content (AvgIpc) is 3.74. The molecule has 34 heteroatoms. The van der Waals surface area contributed by atoms with Crippen molar-refractivity contribution in [3.05, 3.63) is 35.4 Å². The van der Waals surface area contributed by atoms with E-state index in [4.69, 9.17) is 48.4 Å². The molecule has 4 N–H and O–H groups in total. The first-order chi connectivity index (χ1) is 27.6. The molecule has 5 rings (SSSR count). The third kappa shape index (κ3) is 17.9. The summed E-state index contributed by atoms with van der Waals surface area (Å²) in [6.07, 6.45) is 3.38. The summed E-state index contributed by atoms with van der Waals surface area (Å²) in [4.78, 5) is 33.1. The van der Waals surface area contributed by atoms with Crippen molar-refractivity contribution in [3.8, 4) is 0 Å². The second-order valence-electron chi connectivity index (χ2n) is 12.5. The number of aromatic nitrogens is 4. The maximum Gasteiger partial charge on any atom is 0.522 e. The van der Waals surface area contributed by atoms with Gasteiger partial charge in [0.2, 0.25) is 6.30 Å². The molecule has 0 saturated carbocycles. The topological polar surface area (TPSA) is 267 Å². The van der Waals surface area contributed by atoms with Gasteiger partial charge in [0.25, 0.3) is 12.2 Å². The van der Waals surface area contributed by atoms with E-state index in [1.165, 1.54) is 21.0 Å². The molecule has 0 bridgehead atoms. The SMILES string of the molecule is CN1Cc2cnc(C3CCOCC3)n2C(F)C1=O.CNCc1cnc(C2CCOCC2)n1C(F)C(C)=O.O=S(=O)(O)C(F)(F)F.O=S(=O)(O)C(F)(F)F.O=S(=O)(O)C(F)(F)F.[La]. The quantitative estimate of drug-likeness (QED) is 0.181. The van der Waals surface area contributed by atoms with Gasteiger partial charge in [0.05, 0.1) is 24.1 Å². The van der Waals surface area contributed by atoms with E-state index in [0.29, 0.717) is 56.9 Å². The first kappa shape index (κ1) is 59.6. The Bertz CT molecular complexity index is 1990. The number of amides is 1. The van der Waals surface area contributed by atoms with Gasteiger partial charge in [-0.1, -0.05) is 0 Å². The van der Waals surface area contributed by atoms with E-state index >= 15 is 0 Å². The average molecular weight is 1110 g/mol. The van der Waals surface area contributed by atoms with Crippen LogP contribution in [-0.2, 0) is 62.5 Å². The molecule has 0 spiro atoms. The molecule has 357 valence electrons. The number of halogens is 11. The largest absolute Gasteiger partial charge is 0.522 e. The number of hydrogen-bond acceptors (Lipinski definition) is 13. The van der Waals surface area contributed by atoms with Crippen LogP contribution in [0.5, 0.6) is 0 Å². The molecule has 3 aliphatic heterocycles. The molecule has 62 heavy (non-hydrogen) atoms. The van der Waals surface area contributed by atoms with Gasteiger partial charge in [-0.2, -0.15) is 64.8 Å². The van der Waals surface area contributed by atoms with Gasteiger partial charge in [-0.15, -0.1) is 0 Å². The second kappa shape index (κ2) is 24.2. The van der Waals surface area contributed by atoms with Crippen molar-refractivity contribution in [1.82, 2.24) is 29.3 Å². The van der Waals surface area contributed by atoms with Gasteiger partial charge in [-0.3, -0.25) is 32.4 Å². The molecule has 2 saturated heterocycles. The number of carbonyl (C=O) groups excluding carboxylic acids is 2. The Labute approximate surface area is 373 Å². The summed E-state index contributed by atoms with van der Waals surface area (Å²) in [5, 5.41) is 2.97. The summed E-state index contributed by atoms with van der Waals surface area (Å²) < 4.78 is 215. The zero-order valence-electron chi connectivity index (χ0n) is 32.2. The van der Waals surface area contributed by atoms with Crippen LogP contribution >= 0.6 is 0 Å². The molecular formula is C28H39F11LaN6O13S3. The summed E-state index contributed by atoms with van der Waals surface area (Å²) in [5.74, 6) is 0.731. The predicted octanol–water partition coefficient (Wildman–Crippen LogP) is 3.95. The summed E-state index contributed by atoms with van der Waals surface area (Å²) >= 11 is 0. The van der Waals surface area contributed by atoms with Crippen LogP contribution in [0.1, 0.15) is 80.1 Å². The Balaban J connectivity index is 0.000000798. The van der Waals surface area contributed by atoms with Crippen molar-refractivity contribution in [2.75, 3.05) is 40.5 Å². The van der Waals surface area contributed by atoms with Gasteiger partial charge < -0.3 is 19.7 Å². The van der Waals surface area contributed by atoms with Crippen LogP contribution in [0.4, 0.5) is 48.3 Å². The molecular weight excluding hydrogens is 1070 g/mol. The van der Waals surface area contributed by atoms with Crippen LogP contribution in [0.15, 0.2) is 12.4 Å². The number of rotatable bonds is 6. The van der Waals surface area contributed by atoms with Crippen LogP contribution in [0.25, 0.3) is 0 Å².